The number of ether oxygens (including phenoxy) is 1. The van der Waals surface area contributed by atoms with E-state index in [1.807, 2.05) is 11.8 Å². The van der Waals surface area contributed by atoms with Crippen LogP contribution in [0.25, 0.3) is 0 Å². The van der Waals surface area contributed by atoms with Crippen LogP contribution in [0.5, 0.6) is 0 Å². The van der Waals surface area contributed by atoms with Crippen LogP contribution < -0.4 is 10.5 Å². The molecular weight excluding hydrogens is 222 g/mol. The molecule has 0 fully saturated rings. The summed E-state index contributed by atoms with van der Waals surface area (Å²) in [5.41, 5.74) is -0.114. The lowest BCUT2D eigenvalue weighted by Crippen LogP contribution is -2.35. The molecule has 1 heterocycles. The van der Waals surface area contributed by atoms with E-state index in [0.717, 1.165) is 0 Å². The molecule has 0 aliphatic heterocycles. The highest BCUT2D eigenvalue weighted by atomic mass is 16.5. The molecule has 1 rings (SSSR count). The number of aryl methyl sites for hydroxylation is 1. The minimum absolute atomic E-state index is 0.0114. The number of likely N-dealkylation sites (N-methyl/N-ethyl adjacent to an activating group) is 1. The molecule has 0 radical (unpaired) electrons. The molecule has 6 heteroatoms. The molecule has 96 valence electrons. The topological polar surface area (TPSA) is 67.6 Å². The SMILES string of the molecule is CCN(CCOCCO)c1nccn(C)c1=O. The lowest BCUT2D eigenvalue weighted by molar-refractivity contribution is 0.0966. The van der Waals surface area contributed by atoms with E-state index in [1.165, 1.54) is 4.57 Å². The first kappa shape index (κ1) is 13.7. The number of rotatable bonds is 7. The van der Waals surface area contributed by atoms with Gasteiger partial charge in [-0.2, -0.15) is 0 Å². The Morgan fingerprint density at radius 2 is 2.29 bits per heavy atom. The molecule has 0 bridgehead atoms. The number of hydrogen-bond donors (Lipinski definition) is 1. The minimum Gasteiger partial charge on any atom is -0.394 e. The highest BCUT2D eigenvalue weighted by Crippen LogP contribution is 2.02. The minimum atomic E-state index is -0.114. The first-order valence-electron chi connectivity index (χ1n) is 5.66. The second-order valence-electron chi connectivity index (χ2n) is 3.58. The predicted octanol–water partition coefficient (Wildman–Crippen LogP) is -0.385. The van der Waals surface area contributed by atoms with Gasteiger partial charge in [0.2, 0.25) is 0 Å². The molecule has 0 aromatic carbocycles. The van der Waals surface area contributed by atoms with Gasteiger partial charge in [-0.05, 0) is 6.92 Å². The molecule has 17 heavy (non-hydrogen) atoms. The molecule has 0 atom stereocenters. The van der Waals surface area contributed by atoms with Crippen molar-refractivity contribution in [1.29, 1.82) is 0 Å². The summed E-state index contributed by atoms with van der Waals surface area (Å²) in [7, 11) is 1.70. The van der Waals surface area contributed by atoms with Gasteiger partial charge in [-0.3, -0.25) is 4.79 Å². The van der Waals surface area contributed by atoms with Gasteiger partial charge in [0.15, 0.2) is 5.82 Å². The van der Waals surface area contributed by atoms with Gasteiger partial charge in [0.25, 0.3) is 5.56 Å². The standard InChI is InChI=1S/C11H19N3O3/c1-3-14(6-8-17-9-7-15)10-11(16)13(2)5-4-12-10/h4-5,15H,3,6-9H2,1-2H3. The quantitative estimate of drug-likeness (QED) is 0.659. The van der Waals surface area contributed by atoms with E-state index in [2.05, 4.69) is 4.98 Å². The second kappa shape index (κ2) is 7.03. The number of aliphatic hydroxyl groups excluding tert-OH is 1. The van der Waals surface area contributed by atoms with Crippen LogP contribution in [0.1, 0.15) is 6.92 Å². The third-order valence-electron chi connectivity index (χ3n) is 2.42. The van der Waals surface area contributed by atoms with E-state index in [9.17, 15) is 4.79 Å². The number of anilines is 1. The van der Waals surface area contributed by atoms with Crippen LogP contribution in [-0.4, -0.2) is 47.6 Å². The van der Waals surface area contributed by atoms with Crippen molar-refractivity contribution in [3.8, 4) is 0 Å². The fraction of sp³-hybridized carbons (Fsp3) is 0.636. The van der Waals surface area contributed by atoms with E-state index in [1.54, 1.807) is 19.4 Å². The first-order chi connectivity index (χ1) is 8.20. The number of aromatic nitrogens is 2. The fourth-order valence-electron chi connectivity index (χ4n) is 1.46. The van der Waals surface area contributed by atoms with Gasteiger partial charge in [0, 0.05) is 32.5 Å². The molecule has 0 aliphatic carbocycles. The summed E-state index contributed by atoms with van der Waals surface area (Å²) >= 11 is 0. The second-order valence-corrected chi connectivity index (χ2v) is 3.58. The molecule has 1 N–H and O–H groups in total. The smallest absolute Gasteiger partial charge is 0.293 e. The average molecular weight is 241 g/mol. The Kier molecular flexibility index (Phi) is 5.65. The van der Waals surface area contributed by atoms with Crippen LogP contribution in [0.3, 0.4) is 0 Å². The van der Waals surface area contributed by atoms with Gasteiger partial charge in [0.05, 0.1) is 19.8 Å². The molecule has 1 aromatic heterocycles. The maximum Gasteiger partial charge on any atom is 0.293 e. The highest BCUT2D eigenvalue weighted by molar-refractivity contribution is 5.35. The van der Waals surface area contributed by atoms with Crippen molar-refractivity contribution in [2.75, 3.05) is 37.8 Å². The van der Waals surface area contributed by atoms with Crippen LogP contribution in [0.4, 0.5) is 5.82 Å². The first-order valence-corrected chi connectivity index (χ1v) is 5.66. The van der Waals surface area contributed by atoms with E-state index in [-0.39, 0.29) is 12.2 Å². The zero-order valence-corrected chi connectivity index (χ0v) is 10.3. The molecule has 0 saturated heterocycles. The maximum atomic E-state index is 11.8. The molecule has 1 aromatic rings. The molecule has 6 nitrogen and oxygen atoms in total. The van der Waals surface area contributed by atoms with Crippen LogP contribution in [0.15, 0.2) is 17.2 Å². The Hall–Kier alpha value is -1.40. The van der Waals surface area contributed by atoms with E-state index in [0.29, 0.717) is 32.1 Å². The van der Waals surface area contributed by atoms with E-state index in [4.69, 9.17) is 9.84 Å². The normalized spacial score (nSPS) is 10.5. The zero-order valence-electron chi connectivity index (χ0n) is 10.3. The average Bonchev–Trinajstić information content (AvgIpc) is 2.34. The van der Waals surface area contributed by atoms with Crippen molar-refractivity contribution in [1.82, 2.24) is 9.55 Å². The summed E-state index contributed by atoms with van der Waals surface area (Å²) in [6, 6.07) is 0. The third kappa shape index (κ3) is 3.83. The summed E-state index contributed by atoms with van der Waals surface area (Å²) < 4.78 is 6.68. The molecule has 0 amide bonds. The van der Waals surface area contributed by atoms with Crippen molar-refractivity contribution in [3.05, 3.63) is 22.7 Å². The number of hydrogen-bond acceptors (Lipinski definition) is 5. The highest BCUT2D eigenvalue weighted by Gasteiger charge is 2.10. The van der Waals surface area contributed by atoms with Gasteiger partial charge >= 0.3 is 0 Å². The predicted molar refractivity (Wildman–Crippen MR) is 65.3 cm³/mol. The number of nitrogens with zero attached hydrogens (tertiary/aromatic N) is 3. The van der Waals surface area contributed by atoms with Crippen LogP contribution >= 0.6 is 0 Å². The van der Waals surface area contributed by atoms with Gasteiger partial charge in [0.1, 0.15) is 0 Å². The summed E-state index contributed by atoms with van der Waals surface area (Å²) in [4.78, 5) is 17.8. The summed E-state index contributed by atoms with van der Waals surface area (Å²) in [6.07, 6.45) is 3.23. The molecule has 0 aliphatic rings. The maximum absolute atomic E-state index is 11.8. The fourth-order valence-corrected chi connectivity index (χ4v) is 1.46. The van der Waals surface area contributed by atoms with Gasteiger partial charge in [-0.1, -0.05) is 0 Å². The Labute approximate surface area is 100 Å². The van der Waals surface area contributed by atoms with E-state index < -0.39 is 0 Å². The molecule has 0 spiro atoms. The van der Waals surface area contributed by atoms with Crippen molar-refractivity contribution in [2.24, 2.45) is 7.05 Å². The Balaban J connectivity index is 2.66. The van der Waals surface area contributed by atoms with Gasteiger partial charge in [-0.15, -0.1) is 0 Å². The van der Waals surface area contributed by atoms with Gasteiger partial charge in [-0.25, -0.2) is 4.98 Å². The summed E-state index contributed by atoms with van der Waals surface area (Å²) in [5, 5.41) is 8.58. The Bertz CT molecular complexity index is 392. The van der Waals surface area contributed by atoms with Crippen LogP contribution in [-0.2, 0) is 11.8 Å². The monoisotopic (exact) mass is 241 g/mol. The zero-order chi connectivity index (χ0) is 12.7. The number of aliphatic hydroxyl groups is 1. The van der Waals surface area contributed by atoms with Gasteiger partial charge < -0.3 is 19.3 Å². The van der Waals surface area contributed by atoms with Crippen molar-refractivity contribution in [3.63, 3.8) is 0 Å². The Morgan fingerprint density at radius 1 is 1.53 bits per heavy atom. The van der Waals surface area contributed by atoms with E-state index >= 15 is 0 Å². The third-order valence-corrected chi connectivity index (χ3v) is 2.42. The summed E-state index contributed by atoms with van der Waals surface area (Å²) in [5.74, 6) is 0.435. The van der Waals surface area contributed by atoms with Crippen molar-refractivity contribution < 1.29 is 9.84 Å². The molecular formula is C11H19N3O3. The molecule has 0 saturated carbocycles. The lowest BCUT2D eigenvalue weighted by Gasteiger charge is -2.21. The van der Waals surface area contributed by atoms with Crippen LogP contribution in [0, 0.1) is 0 Å². The summed E-state index contributed by atoms with van der Waals surface area (Å²) in [6.45, 7) is 4.03. The molecule has 0 unspecified atom stereocenters. The van der Waals surface area contributed by atoms with Crippen molar-refractivity contribution in [2.45, 2.75) is 6.92 Å². The lowest BCUT2D eigenvalue weighted by atomic mass is 10.4. The van der Waals surface area contributed by atoms with Crippen LogP contribution in [0.2, 0.25) is 0 Å². The largest absolute Gasteiger partial charge is 0.394 e. The van der Waals surface area contributed by atoms with Crippen molar-refractivity contribution >= 4 is 5.82 Å². The Morgan fingerprint density at radius 3 is 2.94 bits per heavy atom.